The lowest BCUT2D eigenvalue weighted by atomic mass is 10.1. The van der Waals surface area contributed by atoms with Crippen molar-refractivity contribution in [2.75, 3.05) is 6.61 Å². The molecular weight excluding hydrogens is 235 g/mol. The van der Waals surface area contributed by atoms with E-state index in [1.54, 1.807) is 0 Å². The fraction of sp³-hybridized carbons (Fsp3) is 0.600. The van der Waals surface area contributed by atoms with E-state index in [4.69, 9.17) is 25.1 Å². The number of Topliss-reactive ketones (excluding diaryl/α,β-unsaturated/α-hetero) is 1. The molecule has 0 aromatic heterocycles. The Morgan fingerprint density at radius 3 is 2.00 bits per heavy atom. The number of ketones is 1. The number of aliphatic hydroxyl groups excluding tert-OH is 2. The largest absolute Gasteiger partial charge is 0.479 e. The van der Waals surface area contributed by atoms with Crippen molar-refractivity contribution in [1.29, 1.82) is 0 Å². The van der Waals surface area contributed by atoms with Gasteiger partial charge in [-0.15, -0.1) is 0 Å². The lowest BCUT2D eigenvalue weighted by Crippen LogP contribution is -2.41. The van der Waals surface area contributed by atoms with Gasteiger partial charge in [-0.1, -0.05) is 0 Å². The van der Waals surface area contributed by atoms with Gasteiger partial charge in [0.25, 0.3) is 0 Å². The minimum absolute atomic E-state index is 1.20. The lowest BCUT2D eigenvalue weighted by molar-refractivity contribution is -0.158. The Morgan fingerprint density at radius 2 is 1.67 bits per heavy atom. The van der Waals surface area contributed by atoms with E-state index in [1.807, 2.05) is 0 Å². The summed E-state index contributed by atoms with van der Waals surface area (Å²) in [6.45, 7) is -1.20. The van der Waals surface area contributed by atoms with Gasteiger partial charge in [-0.05, 0) is 0 Å². The van der Waals surface area contributed by atoms with Gasteiger partial charge in [0.2, 0.25) is 0 Å². The van der Waals surface area contributed by atoms with E-state index in [1.165, 1.54) is 0 Å². The minimum atomic E-state index is -4.87. The number of carbonyl (C=O) groups excluding carboxylic acids is 1. The molecule has 15 heavy (non-hydrogen) atoms. The topological polar surface area (TPSA) is 162 Å². The third kappa shape index (κ3) is 5.57. The zero-order valence-electron chi connectivity index (χ0n) is 7.18. The second kappa shape index (κ2) is 5.31. The average molecular weight is 244 g/mol. The highest BCUT2D eigenvalue weighted by Crippen LogP contribution is 2.35. The zero-order chi connectivity index (χ0) is 12.2. The van der Waals surface area contributed by atoms with E-state index < -0.39 is 38.4 Å². The first kappa shape index (κ1) is 14.2. The molecule has 0 spiro atoms. The smallest absolute Gasteiger partial charge is 0.470 e. The summed E-state index contributed by atoms with van der Waals surface area (Å²) in [6, 6.07) is 0. The predicted molar refractivity (Wildman–Crippen MR) is 42.7 cm³/mol. The number of hydrogen-bond acceptors (Lipinski definition) is 6. The van der Waals surface area contributed by atoms with Crippen LogP contribution in [0.3, 0.4) is 0 Å². The Bertz CT molecular complexity index is 293. The first-order valence-corrected chi connectivity index (χ1v) is 5.00. The van der Waals surface area contributed by atoms with Crippen molar-refractivity contribution in [3.63, 3.8) is 0 Å². The predicted octanol–water partition coefficient (Wildman–Crippen LogP) is -2.53. The van der Waals surface area contributed by atoms with Crippen molar-refractivity contribution in [2.45, 2.75) is 12.2 Å². The molecule has 1 unspecified atom stereocenters. The standard InChI is InChI=1S/C5H9O9P/c6-2(1-14-15(11,12)13)3(7)4(8)5(9)10/h3-4,7-8H,1H2,(H,9,10)(H2,11,12,13)/t3-,4?/m0/s1. The summed E-state index contributed by atoms with van der Waals surface area (Å²) in [5.74, 6) is -3.19. The molecule has 2 atom stereocenters. The summed E-state index contributed by atoms with van der Waals surface area (Å²) in [7, 11) is -4.87. The number of phosphoric acid groups is 1. The highest BCUT2D eigenvalue weighted by atomic mass is 31.2. The fourth-order valence-corrected chi connectivity index (χ4v) is 0.840. The first-order valence-electron chi connectivity index (χ1n) is 3.47. The van der Waals surface area contributed by atoms with E-state index in [0.717, 1.165) is 0 Å². The Hall–Kier alpha value is -0.830. The molecule has 0 fully saturated rings. The monoisotopic (exact) mass is 244 g/mol. The van der Waals surface area contributed by atoms with E-state index in [2.05, 4.69) is 4.52 Å². The maximum Gasteiger partial charge on any atom is 0.470 e. The molecule has 0 heterocycles. The summed E-state index contributed by atoms with van der Waals surface area (Å²) >= 11 is 0. The normalized spacial score (nSPS) is 15.7. The molecule has 0 saturated carbocycles. The molecule has 88 valence electrons. The van der Waals surface area contributed by atoms with Gasteiger partial charge < -0.3 is 25.1 Å². The molecule has 9 nitrogen and oxygen atoms in total. The quantitative estimate of drug-likeness (QED) is 0.317. The Morgan fingerprint density at radius 1 is 1.20 bits per heavy atom. The molecule has 5 N–H and O–H groups in total. The third-order valence-corrected chi connectivity index (χ3v) is 1.72. The number of aliphatic hydroxyl groups is 2. The Kier molecular flexibility index (Phi) is 5.01. The van der Waals surface area contributed by atoms with Crippen LogP contribution in [0, 0.1) is 0 Å². The van der Waals surface area contributed by atoms with Crippen LogP contribution < -0.4 is 0 Å². The maximum atomic E-state index is 10.8. The summed E-state index contributed by atoms with van der Waals surface area (Å²) < 4.78 is 13.8. The van der Waals surface area contributed by atoms with E-state index >= 15 is 0 Å². The van der Waals surface area contributed by atoms with E-state index in [0.29, 0.717) is 0 Å². The van der Waals surface area contributed by atoms with Crippen molar-refractivity contribution in [2.24, 2.45) is 0 Å². The summed E-state index contributed by atoms with van der Waals surface area (Å²) in [5, 5.41) is 25.7. The number of phosphoric ester groups is 1. The molecule has 0 amide bonds. The molecule has 0 aromatic carbocycles. The molecule has 0 aliphatic carbocycles. The van der Waals surface area contributed by atoms with Gasteiger partial charge >= 0.3 is 13.8 Å². The van der Waals surface area contributed by atoms with Crippen molar-refractivity contribution in [1.82, 2.24) is 0 Å². The summed E-state index contributed by atoms with van der Waals surface area (Å²) in [6.07, 6.45) is -4.66. The maximum absolute atomic E-state index is 10.8. The van der Waals surface area contributed by atoms with Gasteiger partial charge in [0.05, 0.1) is 0 Å². The van der Waals surface area contributed by atoms with Crippen molar-refractivity contribution < 1.29 is 43.8 Å². The van der Waals surface area contributed by atoms with Crippen LogP contribution >= 0.6 is 7.82 Å². The highest BCUT2D eigenvalue weighted by molar-refractivity contribution is 7.46. The van der Waals surface area contributed by atoms with Gasteiger partial charge in [0, 0.05) is 0 Å². The molecule has 0 aromatic rings. The molecule has 0 bridgehead atoms. The van der Waals surface area contributed by atoms with E-state index in [-0.39, 0.29) is 0 Å². The van der Waals surface area contributed by atoms with Crippen molar-refractivity contribution >= 4 is 19.6 Å². The van der Waals surface area contributed by atoms with Crippen LogP contribution in [0.2, 0.25) is 0 Å². The summed E-state index contributed by atoms with van der Waals surface area (Å²) in [4.78, 5) is 37.2. The van der Waals surface area contributed by atoms with Gasteiger partial charge in [0.15, 0.2) is 18.0 Å². The number of carboxylic acids is 1. The molecule has 0 aliphatic heterocycles. The fourth-order valence-electron chi connectivity index (χ4n) is 0.544. The highest BCUT2D eigenvalue weighted by Gasteiger charge is 2.31. The van der Waals surface area contributed by atoms with Gasteiger partial charge in [-0.3, -0.25) is 9.32 Å². The molecular formula is C5H9O9P. The number of carbonyl (C=O) groups is 2. The number of hydrogen-bond donors (Lipinski definition) is 5. The summed E-state index contributed by atoms with van der Waals surface area (Å²) in [5.41, 5.74) is 0. The van der Waals surface area contributed by atoms with Crippen molar-refractivity contribution in [3.8, 4) is 0 Å². The molecule has 0 rings (SSSR count). The second-order valence-electron chi connectivity index (χ2n) is 2.46. The number of carboxylic acid groups (broad SMARTS) is 1. The van der Waals surface area contributed by atoms with Crippen LogP contribution in [0.1, 0.15) is 0 Å². The van der Waals surface area contributed by atoms with Gasteiger partial charge in [0.1, 0.15) is 6.61 Å². The lowest BCUT2D eigenvalue weighted by Gasteiger charge is -2.12. The van der Waals surface area contributed by atoms with Crippen LogP contribution in [0.4, 0.5) is 0 Å². The first-order chi connectivity index (χ1) is 6.65. The zero-order valence-corrected chi connectivity index (χ0v) is 8.07. The second-order valence-corrected chi connectivity index (χ2v) is 3.70. The Labute approximate surface area is 83.2 Å². The van der Waals surface area contributed by atoms with Gasteiger partial charge in [-0.25, -0.2) is 9.36 Å². The van der Waals surface area contributed by atoms with Crippen LogP contribution in [-0.2, 0) is 18.7 Å². The van der Waals surface area contributed by atoms with Gasteiger partial charge in [-0.2, -0.15) is 0 Å². The average Bonchev–Trinajstić information content (AvgIpc) is 2.10. The number of aliphatic carboxylic acids is 1. The molecule has 0 radical (unpaired) electrons. The van der Waals surface area contributed by atoms with Crippen LogP contribution in [0.25, 0.3) is 0 Å². The molecule has 10 heteroatoms. The molecule has 0 saturated heterocycles. The SMILES string of the molecule is O=C(O)C(O)[C@@H](O)C(=O)COP(=O)(O)O. The molecule has 0 aliphatic rings. The number of rotatable bonds is 6. The van der Waals surface area contributed by atoms with E-state index in [9.17, 15) is 14.2 Å². The van der Waals surface area contributed by atoms with Crippen LogP contribution in [0.5, 0.6) is 0 Å². The van der Waals surface area contributed by atoms with Crippen LogP contribution in [-0.4, -0.2) is 55.7 Å². The van der Waals surface area contributed by atoms with Crippen LogP contribution in [0.15, 0.2) is 0 Å². The minimum Gasteiger partial charge on any atom is -0.479 e. The van der Waals surface area contributed by atoms with Crippen molar-refractivity contribution in [3.05, 3.63) is 0 Å². The Balaban J connectivity index is 4.23. The third-order valence-electron chi connectivity index (χ3n) is 1.26.